The Morgan fingerprint density at radius 1 is 1.50 bits per heavy atom. The first-order chi connectivity index (χ1) is 7.52. The zero-order chi connectivity index (χ0) is 12.1. The van der Waals surface area contributed by atoms with Crippen LogP contribution in [0.5, 0.6) is 0 Å². The fourth-order valence-electron chi connectivity index (χ4n) is 1.48. The summed E-state index contributed by atoms with van der Waals surface area (Å²) in [5.41, 5.74) is 0.690. The van der Waals surface area contributed by atoms with E-state index in [1.165, 1.54) is 12.1 Å². The van der Waals surface area contributed by atoms with Crippen LogP contribution in [0.3, 0.4) is 0 Å². The van der Waals surface area contributed by atoms with Gasteiger partial charge in [0.05, 0.1) is 5.02 Å². The standard InChI is InChI=1S/C13H16ClFO/c1-3-9(2)6-11(16)7-10-4-5-12(14)13(15)8-10/h4-5,8-9H,3,6-7H2,1-2H3. The third-order valence-corrected chi connectivity index (χ3v) is 2.96. The molecule has 0 spiro atoms. The summed E-state index contributed by atoms with van der Waals surface area (Å²) in [6, 6.07) is 4.51. The highest BCUT2D eigenvalue weighted by Gasteiger charge is 2.09. The quantitative estimate of drug-likeness (QED) is 0.762. The van der Waals surface area contributed by atoms with Crippen LogP contribution in [0.4, 0.5) is 4.39 Å². The molecule has 0 aliphatic carbocycles. The van der Waals surface area contributed by atoms with Crippen LogP contribution < -0.4 is 0 Å². The Hall–Kier alpha value is -0.890. The highest BCUT2D eigenvalue weighted by molar-refractivity contribution is 6.30. The summed E-state index contributed by atoms with van der Waals surface area (Å²) in [5.74, 6) is 0.0798. The molecule has 1 atom stereocenters. The van der Waals surface area contributed by atoms with Gasteiger partial charge < -0.3 is 0 Å². The van der Waals surface area contributed by atoms with Crippen molar-refractivity contribution in [3.63, 3.8) is 0 Å². The Labute approximate surface area is 101 Å². The fourth-order valence-corrected chi connectivity index (χ4v) is 1.60. The van der Waals surface area contributed by atoms with Crippen LogP contribution >= 0.6 is 11.6 Å². The number of hydrogen-bond acceptors (Lipinski definition) is 1. The molecular weight excluding hydrogens is 227 g/mol. The molecule has 0 saturated heterocycles. The van der Waals surface area contributed by atoms with Gasteiger partial charge in [0, 0.05) is 12.8 Å². The number of rotatable bonds is 5. The lowest BCUT2D eigenvalue weighted by atomic mass is 9.98. The summed E-state index contributed by atoms with van der Waals surface area (Å²) in [5, 5.41) is 0.0955. The molecular formula is C13H16ClFO. The van der Waals surface area contributed by atoms with E-state index in [-0.39, 0.29) is 10.8 Å². The van der Waals surface area contributed by atoms with Gasteiger partial charge >= 0.3 is 0 Å². The lowest BCUT2D eigenvalue weighted by molar-refractivity contribution is -0.119. The van der Waals surface area contributed by atoms with Gasteiger partial charge in [0.1, 0.15) is 11.6 Å². The number of halogens is 2. The fraction of sp³-hybridized carbons (Fsp3) is 0.462. The van der Waals surface area contributed by atoms with Gasteiger partial charge in [-0.25, -0.2) is 4.39 Å². The van der Waals surface area contributed by atoms with Gasteiger partial charge in [0.2, 0.25) is 0 Å². The second kappa shape index (κ2) is 6.00. The van der Waals surface area contributed by atoms with Crippen LogP contribution in [0.25, 0.3) is 0 Å². The van der Waals surface area contributed by atoms with Gasteiger partial charge in [-0.1, -0.05) is 37.9 Å². The molecule has 0 aliphatic rings. The van der Waals surface area contributed by atoms with Crippen molar-refractivity contribution < 1.29 is 9.18 Å². The summed E-state index contributed by atoms with van der Waals surface area (Å²) >= 11 is 5.56. The predicted octanol–water partition coefficient (Wildman–Crippen LogP) is 4.03. The van der Waals surface area contributed by atoms with Crippen LogP contribution in [-0.2, 0) is 11.2 Å². The van der Waals surface area contributed by atoms with Crippen molar-refractivity contribution in [1.82, 2.24) is 0 Å². The Morgan fingerprint density at radius 3 is 2.75 bits per heavy atom. The first-order valence-corrected chi connectivity index (χ1v) is 5.86. The lowest BCUT2D eigenvalue weighted by Crippen LogP contribution is -2.08. The molecule has 0 bridgehead atoms. The van der Waals surface area contributed by atoms with Crippen LogP contribution in [0, 0.1) is 11.7 Å². The van der Waals surface area contributed by atoms with Gasteiger partial charge in [0.25, 0.3) is 0 Å². The van der Waals surface area contributed by atoms with Crippen molar-refractivity contribution >= 4 is 17.4 Å². The molecule has 16 heavy (non-hydrogen) atoms. The van der Waals surface area contributed by atoms with Crippen molar-refractivity contribution in [1.29, 1.82) is 0 Å². The van der Waals surface area contributed by atoms with Crippen molar-refractivity contribution in [2.75, 3.05) is 0 Å². The largest absolute Gasteiger partial charge is 0.299 e. The lowest BCUT2D eigenvalue weighted by Gasteiger charge is -2.07. The summed E-state index contributed by atoms with van der Waals surface area (Å²) in [7, 11) is 0. The first-order valence-electron chi connectivity index (χ1n) is 5.48. The Kier molecular flexibility index (Phi) is 4.94. The van der Waals surface area contributed by atoms with E-state index in [0.717, 1.165) is 6.42 Å². The first kappa shape index (κ1) is 13.2. The van der Waals surface area contributed by atoms with Crippen LogP contribution in [0.15, 0.2) is 18.2 Å². The van der Waals surface area contributed by atoms with E-state index in [4.69, 9.17) is 11.6 Å². The Bertz CT molecular complexity index is 376. The number of hydrogen-bond donors (Lipinski definition) is 0. The molecule has 1 rings (SSSR count). The number of Topliss-reactive ketones (excluding diaryl/α,β-unsaturated/α-hetero) is 1. The van der Waals surface area contributed by atoms with Gasteiger partial charge in [-0.3, -0.25) is 4.79 Å². The maximum Gasteiger partial charge on any atom is 0.142 e. The minimum atomic E-state index is -0.462. The van der Waals surface area contributed by atoms with Crippen molar-refractivity contribution in [3.05, 3.63) is 34.6 Å². The van der Waals surface area contributed by atoms with Crippen LogP contribution in [0.1, 0.15) is 32.3 Å². The van der Waals surface area contributed by atoms with Gasteiger partial charge in [-0.2, -0.15) is 0 Å². The van der Waals surface area contributed by atoms with Gasteiger partial charge in [-0.15, -0.1) is 0 Å². The van der Waals surface area contributed by atoms with Crippen molar-refractivity contribution in [2.45, 2.75) is 33.1 Å². The van der Waals surface area contributed by atoms with E-state index < -0.39 is 5.82 Å². The smallest absolute Gasteiger partial charge is 0.142 e. The predicted molar refractivity (Wildman–Crippen MR) is 64.2 cm³/mol. The molecule has 1 aromatic rings. The van der Waals surface area contributed by atoms with E-state index in [2.05, 4.69) is 6.92 Å². The minimum Gasteiger partial charge on any atom is -0.299 e. The Morgan fingerprint density at radius 2 is 2.19 bits per heavy atom. The molecule has 88 valence electrons. The zero-order valence-corrected chi connectivity index (χ0v) is 10.4. The van der Waals surface area contributed by atoms with Crippen LogP contribution in [-0.4, -0.2) is 5.78 Å². The van der Waals surface area contributed by atoms with Crippen LogP contribution in [0.2, 0.25) is 5.02 Å². The number of ketones is 1. The molecule has 0 aromatic heterocycles. The maximum atomic E-state index is 13.1. The Balaban J connectivity index is 2.59. The monoisotopic (exact) mass is 242 g/mol. The highest BCUT2D eigenvalue weighted by Crippen LogP contribution is 2.17. The van der Waals surface area contributed by atoms with E-state index in [1.54, 1.807) is 6.07 Å². The van der Waals surface area contributed by atoms with Crippen molar-refractivity contribution in [2.24, 2.45) is 5.92 Å². The summed E-state index contributed by atoms with van der Waals surface area (Å²) < 4.78 is 13.1. The molecule has 0 N–H and O–H groups in total. The third-order valence-electron chi connectivity index (χ3n) is 2.66. The third kappa shape index (κ3) is 3.93. The zero-order valence-electron chi connectivity index (χ0n) is 9.59. The molecule has 0 heterocycles. The van der Waals surface area contributed by atoms with E-state index in [1.807, 2.05) is 6.92 Å². The summed E-state index contributed by atoms with van der Waals surface area (Å²) in [4.78, 5) is 11.6. The molecule has 1 nitrogen and oxygen atoms in total. The molecule has 0 saturated carbocycles. The topological polar surface area (TPSA) is 17.1 Å². The molecule has 3 heteroatoms. The molecule has 0 amide bonds. The number of carbonyl (C=O) groups is 1. The number of benzene rings is 1. The van der Waals surface area contributed by atoms with E-state index in [9.17, 15) is 9.18 Å². The van der Waals surface area contributed by atoms with Crippen molar-refractivity contribution in [3.8, 4) is 0 Å². The minimum absolute atomic E-state index is 0.0955. The molecule has 0 radical (unpaired) electrons. The molecule has 0 fully saturated rings. The maximum absolute atomic E-state index is 13.1. The molecule has 1 aromatic carbocycles. The normalized spacial score (nSPS) is 12.5. The van der Waals surface area contributed by atoms with E-state index in [0.29, 0.717) is 24.3 Å². The van der Waals surface area contributed by atoms with Gasteiger partial charge in [0.15, 0.2) is 0 Å². The summed E-state index contributed by atoms with van der Waals surface area (Å²) in [6.07, 6.45) is 1.83. The second-order valence-corrected chi connectivity index (χ2v) is 4.59. The van der Waals surface area contributed by atoms with Gasteiger partial charge in [-0.05, 0) is 23.6 Å². The second-order valence-electron chi connectivity index (χ2n) is 4.18. The molecule has 0 aliphatic heterocycles. The molecule has 1 unspecified atom stereocenters. The highest BCUT2D eigenvalue weighted by atomic mass is 35.5. The number of carbonyl (C=O) groups excluding carboxylic acids is 1. The SMILES string of the molecule is CCC(C)CC(=O)Cc1ccc(Cl)c(F)c1. The van der Waals surface area contributed by atoms with E-state index >= 15 is 0 Å². The summed E-state index contributed by atoms with van der Waals surface area (Å²) in [6.45, 7) is 4.10. The average Bonchev–Trinajstić information content (AvgIpc) is 2.23. The average molecular weight is 243 g/mol.